The minimum absolute atomic E-state index is 0.0829. The molecule has 30 heavy (non-hydrogen) atoms. The van der Waals surface area contributed by atoms with Crippen molar-refractivity contribution in [2.45, 2.75) is 39.0 Å². The Kier molecular flexibility index (Phi) is 8.68. The van der Waals surface area contributed by atoms with Crippen LogP contribution in [0.4, 0.5) is 4.79 Å². The predicted octanol–water partition coefficient (Wildman–Crippen LogP) is 2.80. The summed E-state index contributed by atoms with van der Waals surface area (Å²) in [6.07, 6.45) is -0.511. The molecule has 2 aromatic carbocycles. The highest BCUT2D eigenvalue weighted by molar-refractivity contribution is 6.30. The summed E-state index contributed by atoms with van der Waals surface area (Å²) in [5.41, 5.74) is 7.08. The molecule has 0 saturated carbocycles. The zero-order valence-electron chi connectivity index (χ0n) is 16.9. The van der Waals surface area contributed by atoms with E-state index in [1.54, 1.807) is 38.1 Å². The Morgan fingerprint density at radius 3 is 2.17 bits per heavy atom. The van der Waals surface area contributed by atoms with Gasteiger partial charge >= 0.3 is 6.09 Å². The lowest BCUT2D eigenvalue weighted by molar-refractivity contribution is -0.129. The molecule has 2 atom stereocenters. The summed E-state index contributed by atoms with van der Waals surface area (Å²) in [5, 5.41) is 5.75. The molecule has 0 spiro atoms. The van der Waals surface area contributed by atoms with E-state index in [9.17, 15) is 14.4 Å². The highest BCUT2D eigenvalue weighted by Gasteiger charge is 2.28. The summed E-state index contributed by atoms with van der Waals surface area (Å²) in [6.45, 7) is 3.64. The molecule has 8 heteroatoms. The van der Waals surface area contributed by atoms with Crippen molar-refractivity contribution in [3.8, 4) is 0 Å². The topological polar surface area (TPSA) is 111 Å². The Balaban J connectivity index is 1.97. The fraction of sp³-hybridized carbons (Fsp3) is 0.318. The largest absolute Gasteiger partial charge is 0.445 e. The van der Waals surface area contributed by atoms with Crippen molar-refractivity contribution in [1.29, 1.82) is 0 Å². The molecule has 0 heterocycles. The van der Waals surface area contributed by atoms with Gasteiger partial charge in [0.05, 0.1) is 0 Å². The molecule has 0 radical (unpaired) electrons. The van der Waals surface area contributed by atoms with E-state index in [1.165, 1.54) is 0 Å². The number of primary amides is 1. The van der Waals surface area contributed by atoms with Gasteiger partial charge in [-0.15, -0.1) is 0 Å². The van der Waals surface area contributed by atoms with Crippen LogP contribution < -0.4 is 16.4 Å². The van der Waals surface area contributed by atoms with E-state index in [0.717, 1.165) is 11.1 Å². The molecule has 3 amide bonds. The lowest BCUT2D eigenvalue weighted by Gasteiger charge is -2.24. The molecule has 4 N–H and O–H groups in total. The second kappa shape index (κ2) is 11.2. The number of carbonyl (C=O) groups excluding carboxylic acids is 3. The van der Waals surface area contributed by atoms with Crippen molar-refractivity contribution < 1.29 is 19.1 Å². The standard InChI is InChI=1S/C22H26ClN3O4/c1-14(2)19(26-22(29)30-13-16-6-4-3-5-7-16)21(28)25-18(20(24)27)12-15-8-10-17(23)11-9-15/h3-11,14,18-19H,12-13H2,1-2H3,(H2,24,27)(H,25,28)(H,26,29)/t18-,19+/m1/s1. The van der Waals surface area contributed by atoms with E-state index in [-0.39, 0.29) is 18.9 Å². The number of amides is 3. The van der Waals surface area contributed by atoms with Gasteiger partial charge in [-0.1, -0.05) is 67.9 Å². The summed E-state index contributed by atoms with van der Waals surface area (Å²) in [5.74, 6) is -1.43. The van der Waals surface area contributed by atoms with Crippen LogP contribution >= 0.6 is 11.6 Å². The van der Waals surface area contributed by atoms with Gasteiger partial charge in [0.15, 0.2) is 0 Å². The van der Waals surface area contributed by atoms with Gasteiger partial charge < -0.3 is 21.1 Å². The Labute approximate surface area is 180 Å². The average molecular weight is 432 g/mol. The van der Waals surface area contributed by atoms with Gasteiger partial charge in [0.1, 0.15) is 18.7 Å². The van der Waals surface area contributed by atoms with Crippen molar-refractivity contribution in [1.82, 2.24) is 10.6 Å². The van der Waals surface area contributed by atoms with Crippen molar-refractivity contribution in [2.24, 2.45) is 11.7 Å². The van der Waals surface area contributed by atoms with Crippen LogP contribution in [0.15, 0.2) is 54.6 Å². The monoisotopic (exact) mass is 431 g/mol. The van der Waals surface area contributed by atoms with E-state index in [2.05, 4.69) is 10.6 Å². The van der Waals surface area contributed by atoms with Crippen LogP contribution in [0.3, 0.4) is 0 Å². The van der Waals surface area contributed by atoms with Gasteiger partial charge in [0.25, 0.3) is 0 Å². The fourth-order valence-electron chi connectivity index (χ4n) is 2.77. The average Bonchev–Trinajstić information content (AvgIpc) is 2.71. The minimum Gasteiger partial charge on any atom is -0.445 e. The number of hydrogen-bond acceptors (Lipinski definition) is 4. The molecule has 0 aliphatic carbocycles. The molecule has 0 bridgehead atoms. The maximum Gasteiger partial charge on any atom is 0.408 e. The zero-order valence-corrected chi connectivity index (χ0v) is 17.7. The number of nitrogens with one attached hydrogen (secondary N) is 2. The molecular weight excluding hydrogens is 406 g/mol. The van der Waals surface area contributed by atoms with Crippen molar-refractivity contribution in [3.63, 3.8) is 0 Å². The third-order valence-corrected chi connectivity index (χ3v) is 4.70. The van der Waals surface area contributed by atoms with E-state index < -0.39 is 30.0 Å². The fourth-order valence-corrected chi connectivity index (χ4v) is 2.89. The summed E-state index contributed by atoms with van der Waals surface area (Å²) < 4.78 is 5.18. The van der Waals surface area contributed by atoms with Crippen LogP contribution in [0.2, 0.25) is 5.02 Å². The smallest absolute Gasteiger partial charge is 0.408 e. The molecule has 0 aliphatic rings. The number of rotatable bonds is 9. The second-order valence-electron chi connectivity index (χ2n) is 7.22. The zero-order chi connectivity index (χ0) is 22.1. The van der Waals surface area contributed by atoms with Gasteiger partial charge in [0.2, 0.25) is 11.8 Å². The molecule has 2 rings (SSSR count). The number of benzene rings is 2. The molecule has 0 saturated heterocycles. The Morgan fingerprint density at radius 1 is 0.967 bits per heavy atom. The summed E-state index contributed by atoms with van der Waals surface area (Å²) in [6, 6.07) is 14.3. The number of carbonyl (C=O) groups is 3. The van der Waals surface area contributed by atoms with Crippen LogP contribution in [0.5, 0.6) is 0 Å². The first-order valence-corrected chi connectivity index (χ1v) is 9.95. The Morgan fingerprint density at radius 2 is 1.60 bits per heavy atom. The SMILES string of the molecule is CC(C)[C@H](NC(=O)OCc1ccccc1)C(=O)N[C@H](Cc1ccc(Cl)cc1)C(N)=O. The predicted molar refractivity (Wildman–Crippen MR) is 115 cm³/mol. The third kappa shape index (κ3) is 7.40. The lowest BCUT2D eigenvalue weighted by Crippen LogP contribution is -2.55. The van der Waals surface area contributed by atoms with Gasteiger partial charge in [-0.25, -0.2) is 4.79 Å². The van der Waals surface area contributed by atoms with Crippen LogP contribution in [0, 0.1) is 5.92 Å². The molecular formula is C22H26ClN3O4. The van der Waals surface area contributed by atoms with Gasteiger partial charge in [-0.3, -0.25) is 9.59 Å². The van der Waals surface area contributed by atoms with Gasteiger partial charge in [-0.05, 0) is 29.2 Å². The molecule has 2 aromatic rings. The second-order valence-corrected chi connectivity index (χ2v) is 7.66. The maximum absolute atomic E-state index is 12.7. The summed E-state index contributed by atoms with van der Waals surface area (Å²) in [4.78, 5) is 36.8. The molecule has 160 valence electrons. The van der Waals surface area contributed by atoms with Crippen LogP contribution in [0.25, 0.3) is 0 Å². The molecule has 0 unspecified atom stereocenters. The first-order chi connectivity index (χ1) is 14.3. The molecule has 0 fully saturated rings. The third-order valence-electron chi connectivity index (χ3n) is 4.45. The van der Waals surface area contributed by atoms with Crippen LogP contribution in [0.1, 0.15) is 25.0 Å². The first kappa shape index (κ1) is 23.2. The van der Waals surface area contributed by atoms with Crippen LogP contribution in [-0.2, 0) is 27.4 Å². The lowest BCUT2D eigenvalue weighted by atomic mass is 10.0. The Hall–Kier alpha value is -3.06. The van der Waals surface area contributed by atoms with Gasteiger partial charge in [-0.2, -0.15) is 0 Å². The number of hydrogen-bond donors (Lipinski definition) is 3. The number of nitrogens with two attached hydrogens (primary N) is 1. The molecule has 7 nitrogen and oxygen atoms in total. The maximum atomic E-state index is 12.7. The van der Waals surface area contributed by atoms with E-state index in [1.807, 2.05) is 30.3 Å². The van der Waals surface area contributed by atoms with Crippen molar-refractivity contribution >= 4 is 29.5 Å². The van der Waals surface area contributed by atoms with E-state index in [4.69, 9.17) is 22.1 Å². The van der Waals surface area contributed by atoms with Gasteiger partial charge in [0, 0.05) is 11.4 Å². The Bertz CT molecular complexity index is 856. The van der Waals surface area contributed by atoms with Crippen LogP contribution in [-0.4, -0.2) is 30.0 Å². The van der Waals surface area contributed by atoms with Crippen molar-refractivity contribution in [3.05, 3.63) is 70.7 Å². The number of halogens is 1. The highest BCUT2D eigenvalue weighted by Crippen LogP contribution is 2.12. The molecule has 0 aliphatic heterocycles. The first-order valence-electron chi connectivity index (χ1n) is 9.57. The molecule has 0 aromatic heterocycles. The number of ether oxygens (including phenoxy) is 1. The minimum atomic E-state index is -0.929. The highest BCUT2D eigenvalue weighted by atomic mass is 35.5. The number of alkyl carbamates (subject to hydrolysis) is 1. The van der Waals surface area contributed by atoms with E-state index in [0.29, 0.717) is 5.02 Å². The van der Waals surface area contributed by atoms with Crippen molar-refractivity contribution in [2.75, 3.05) is 0 Å². The normalized spacial score (nSPS) is 12.7. The summed E-state index contributed by atoms with van der Waals surface area (Å²) in [7, 11) is 0. The quantitative estimate of drug-likeness (QED) is 0.566. The summed E-state index contributed by atoms with van der Waals surface area (Å²) >= 11 is 5.87. The van der Waals surface area contributed by atoms with E-state index >= 15 is 0 Å².